The number of nitrogens with one attached hydrogen (secondary N) is 3. The van der Waals surface area contributed by atoms with Gasteiger partial charge in [-0.1, -0.05) is 20.3 Å². The molecule has 29 heavy (non-hydrogen) atoms. The lowest BCUT2D eigenvalue weighted by Crippen LogP contribution is -2.58. The predicted molar refractivity (Wildman–Crippen MR) is 115 cm³/mol. The first kappa shape index (κ1) is 27.5. The van der Waals surface area contributed by atoms with Gasteiger partial charge in [0.25, 0.3) is 0 Å². The zero-order chi connectivity index (χ0) is 22.6. The van der Waals surface area contributed by atoms with E-state index in [2.05, 4.69) is 28.6 Å². The van der Waals surface area contributed by atoms with Crippen molar-refractivity contribution in [2.45, 2.75) is 50.9 Å². The van der Waals surface area contributed by atoms with Crippen LogP contribution in [0.3, 0.4) is 0 Å². The number of carboxylic acids is 1. The number of hydrogen-bond acceptors (Lipinski definition) is 8. The molecule has 0 heterocycles. The van der Waals surface area contributed by atoms with E-state index in [0.717, 1.165) is 0 Å². The second-order valence-corrected chi connectivity index (χ2v) is 7.94. The summed E-state index contributed by atoms with van der Waals surface area (Å²) in [5.74, 6) is -2.97. The van der Waals surface area contributed by atoms with E-state index in [1.807, 2.05) is 13.2 Å². The molecule has 168 valence electrons. The summed E-state index contributed by atoms with van der Waals surface area (Å²) in [6.45, 7) is 2.82. The second-order valence-electron chi connectivity index (χ2n) is 6.59. The molecule has 5 unspecified atom stereocenters. The number of aliphatic carboxylic acids is 1. The first-order valence-electron chi connectivity index (χ1n) is 9.22. The first-order chi connectivity index (χ1) is 13.6. The molecule has 0 aliphatic rings. The number of thioether (sulfide) groups is 1. The van der Waals surface area contributed by atoms with E-state index in [-0.39, 0.29) is 18.1 Å². The summed E-state index contributed by atoms with van der Waals surface area (Å²) < 4.78 is 0. The van der Waals surface area contributed by atoms with E-state index >= 15 is 0 Å². The molecular formula is C17H32N4O6S2. The van der Waals surface area contributed by atoms with E-state index < -0.39 is 54.5 Å². The Morgan fingerprint density at radius 1 is 1.07 bits per heavy atom. The molecule has 12 heteroatoms. The van der Waals surface area contributed by atoms with E-state index in [1.54, 1.807) is 6.92 Å². The van der Waals surface area contributed by atoms with Gasteiger partial charge in [-0.15, -0.1) is 0 Å². The van der Waals surface area contributed by atoms with Crippen molar-refractivity contribution in [1.82, 2.24) is 16.0 Å². The SMILES string of the molecule is CCC(C)C(NC(=O)C(CCSC)NC(=O)C(CO)NC(=O)C(N)CS)C(=O)O. The van der Waals surface area contributed by atoms with Gasteiger partial charge in [-0.2, -0.15) is 24.4 Å². The third kappa shape index (κ3) is 9.70. The van der Waals surface area contributed by atoms with E-state index in [0.29, 0.717) is 12.2 Å². The number of carbonyl (C=O) groups is 4. The van der Waals surface area contributed by atoms with Gasteiger partial charge in [0.15, 0.2) is 0 Å². The number of carbonyl (C=O) groups excluding carboxylic acids is 3. The summed E-state index contributed by atoms with van der Waals surface area (Å²) in [7, 11) is 0. The summed E-state index contributed by atoms with van der Waals surface area (Å²) in [5, 5.41) is 26.0. The lowest BCUT2D eigenvalue weighted by molar-refractivity contribution is -0.143. The summed E-state index contributed by atoms with van der Waals surface area (Å²) in [6, 6.07) is -4.38. The van der Waals surface area contributed by atoms with Crippen LogP contribution in [0.5, 0.6) is 0 Å². The van der Waals surface area contributed by atoms with Gasteiger partial charge in [0.05, 0.1) is 12.6 Å². The monoisotopic (exact) mass is 452 g/mol. The van der Waals surface area contributed by atoms with Crippen LogP contribution < -0.4 is 21.7 Å². The minimum absolute atomic E-state index is 0.0521. The van der Waals surface area contributed by atoms with Crippen LogP contribution in [0.1, 0.15) is 26.7 Å². The number of amides is 3. The van der Waals surface area contributed by atoms with Crippen LogP contribution in [0.15, 0.2) is 0 Å². The topological polar surface area (TPSA) is 171 Å². The number of carboxylic acid groups (broad SMARTS) is 1. The van der Waals surface area contributed by atoms with Crippen LogP contribution >= 0.6 is 24.4 Å². The fourth-order valence-electron chi connectivity index (χ4n) is 2.27. The van der Waals surface area contributed by atoms with Crippen molar-refractivity contribution in [1.29, 1.82) is 0 Å². The standard InChI is InChI=1S/C17H32N4O6S2/c1-4-9(2)13(17(26)27)21-15(24)11(5-6-29-3)19-16(25)12(7-22)20-14(23)10(18)8-28/h9-13,22,28H,4-8,18H2,1-3H3,(H,19,25)(H,20,23)(H,21,24)(H,26,27). The van der Waals surface area contributed by atoms with Gasteiger partial charge in [0, 0.05) is 5.75 Å². The van der Waals surface area contributed by atoms with Gasteiger partial charge >= 0.3 is 5.97 Å². The van der Waals surface area contributed by atoms with Crippen molar-refractivity contribution < 1.29 is 29.4 Å². The van der Waals surface area contributed by atoms with Gasteiger partial charge in [-0.3, -0.25) is 14.4 Å². The van der Waals surface area contributed by atoms with Crippen LogP contribution in [-0.4, -0.2) is 82.4 Å². The van der Waals surface area contributed by atoms with E-state index in [4.69, 9.17) is 5.73 Å². The quantitative estimate of drug-likeness (QED) is 0.157. The molecule has 7 N–H and O–H groups in total. The fourth-order valence-corrected chi connectivity index (χ4v) is 2.91. The van der Waals surface area contributed by atoms with Gasteiger partial charge in [-0.25, -0.2) is 4.79 Å². The summed E-state index contributed by atoms with van der Waals surface area (Å²) in [5.41, 5.74) is 5.54. The Balaban J connectivity index is 5.24. The van der Waals surface area contributed by atoms with Crippen molar-refractivity contribution >= 4 is 48.1 Å². The molecule has 10 nitrogen and oxygen atoms in total. The second kappa shape index (κ2) is 14.5. The molecule has 0 spiro atoms. The third-order valence-corrected chi connectivity index (χ3v) is 5.41. The van der Waals surface area contributed by atoms with Crippen LogP contribution in [0, 0.1) is 5.92 Å². The maximum Gasteiger partial charge on any atom is 0.326 e. The minimum atomic E-state index is -1.30. The number of hydrogen-bond donors (Lipinski definition) is 7. The maximum atomic E-state index is 12.6. The van der Waals surface area contributed by atoms with Crippen molar-refractivity contribution in [2.24, 2.45) is 11.7 Å². The van der Waals surface area contributed by atoms with Crippen LogP contribution in [-0.2, 0) is 19.2 Å². The fraction of sp³-hybridized carbons (Fsp3) is 0.765. The Morgan fingerprint density at radius 2 is 1.62 bits per heavy atom. The highest BCUT2D eigenvalue weighted by Gasteiger charge is 2.31. The van der Waals surface area contributed by atoms with E-state index in [9.17, 15) is 29.4 Å². The number of nitrogens with two attached hydrogens (primary N) is 1. The molecule has 0 bridgehead atoms. The van der Waals surface area contributed by atoms with Gasteiger partial charge in [0.1, 0.15) is 18.1 Å². The van der Waals surface area contributed by atoms with Crippen molar-refractivity contribution in [3.05, 3.63) is 0 Å². The summed E-state index contributed by atoms with van der Waals surface area (Å²) in [6.07, 6.45) is 2.61. The van der Waals surface area contributed by atoms with Crippen LogP contribution in [0.25, 0.3) is 0 Å². The zero-order valence-corrected chi connectivity index (χ0v) is 18.6. The van der Waals surface area contributed by atoms with Gasteiger partial charge in [0.2, 0.25) is 17.7 Å². The molecular weight excluding hydrogens is 420 g/mol. The molecule has 0 rings (SSSR count). The first-order valence-corrected chi connectivity index (χ1v) is 11.3. The zero-order valence-electron chi connectivity index (χ0n) is 16.9. The minimum Gasteiger partial charge on any atom is -0.480 e. The Kier molecular flexibility index (Phi) is 13.7. The molecule has 0 aromatic carbocycles. The number of rotatable bonds is 14. The molecule has 3 amide bonds. The van der Waals surface area contributed by atoms with Crippen molar-refractivity contribution in [3.8, 4) is 0 Å². The maximum absolute atomic E-state index is 12.6. The summed E-state index contributed by atoms with van der Waals surface area (Å²) >= 11 is 5.35. The normalized spacial score (nSPS) is 16.1. The highest BCUT2D eigenvalue weighted by atomic mass is 32.2. The molecule has 0 saturated heterocycles. The molecule has 0 radical (unpaired) electrons. The predicted octanol–water partition coefficient (Wildman–Crippen LogP) is -1.43. The molecule has 5 atom stereocenters. The average molecular weight is 453 g/mol. The average Bonchev–Trinajstić information content (AvgIpc) is 2.70. The Morgan fingerprint density at radius 3 is 2.07 bits per heavy atom. The van der Waals surface area contributed by atoms with E-state index in [1.165, 1.54) is 11.8 Å². The molecule has 0 aromatic rings. The number of aliphatic hydroxyl groups is 1. The smallest absolute Gasteiger partial charge is 0.326 e. The van der Waals surface area contributed by atoms with Gasteiger partial charge < -0.3 is 31.9 Å². The lowest BCUT2D eigenvalue weighted by Gasteiger charge is -2.26. The number of thiol groups is 1. The van der Waals surface area contributed by atoms with Crippen LogP contribution in [0.2, 0.25) is 0 Å². The van der Waals surface area contributed by atoms with Crippen molar-refractivity contribution in [2.75, 3.05) is 24.4 Å². The Hall–Kier alpha value is -1.50. The lowest BCUT2D eigenvalue weighted by atomic mass is 9.98. The van der Waals surface area contributed by atoms with Crippen LogP contribution in [0.4, 0.5) is 0 Å². The number of aliphatic hydroxyl groups excluding tert-OH is 1. The third-order valence-electron chi connectivity index (χ3n) is 4.37. The molecule has 0 aliphatic carbocycles. The molecule has 0 aromatic heterocycles. The Bertz CT molecular complexity index is 566. The molecule has 0 saturated carbocycles. The molecule has 0 aliphatic heterocycles. The van der Waals surface area contributed by atoms with Gasteiger partial charge in [-0.05, 0) is 24.3 Å². The summed E-state index contributed by atoms with van der Waals surface area (Å²) in [4.78, 5) is 48.4. The highest BCUT2D eigenvalue weighted by molar-refractivity contribution is 7.98. The Labute approximate surface area is 180 Å². The van der Waals surface area contributed by atoms with Crippen molar-refractivity contribution in [3.63, 3.8) is 0 Å². The largest absolute Gasteiger partial charge is 0.480 e. The highest BCUT2D eigenvalue weighted by Crippen LogP contribution is 2.09. The molecule has 0 fully saturated rings.